The predicted molar refractivity (Wildman–Crippen MR) is 102 cm³/mol. The van der Waals surface area contributed by atoms with Gasteiger partial charge in [0.25, 0.3) is 11.1 Å². The summed E-state index contributed by atoms with van der Waals surface area (Å²) in [6, 6.07) is 13.1. The number of halogens is 1. The quantitative estimate of drug-likeness (QED) is 0.292. The molecule has 0 bridgehead atoms. The molecule has 0 radical (unpaired) electrons. The van der Waals surface area contributed by atoms with Gasteiger partial charge in [0, 0.05) is 17.7 Å². The Hall–Kier alpha value is -2.67. The Balaban J connectivity index is 1.51. The first-order valence-corrected chi connectivity index (χ1v) is 9.63. The number of hydrogen-bond acceptors (Lipinski definition) is 6. The standard InChI is InChI=1S/C20H19FN2O3S/c1-2-25-18-8-4-3-6-16(18)19-22-23-20(26-19)27-13-5-7-17(24)14-9-11-15(21)12-10-14/h3-4,6,8-12H,2,5,7,13H2,1H3. The maximum atomic E-state index is 12.9. The second-order valence-electron chi connectivity index (χ2n) is 5.68. The molecule has 7 heteroatoms. The van der Waals surface area contributed by atoms with Gasteiger partial charge in [0.1, 0.15) is 11.6 Å². The second kappa shape index (κ2) is 9.32. The van der Waals surface area contributed by atoms with E-state index in [2.05, 4.69) is 10.2 Å². The van der Waals surface area contributed by atoms with Gasteiger partial charge in [0.05, 0.1) is 12.2 Å². The number of para-hydroxylation sites is 1. The molecule has 0 saturated heterocycles. The summed E-state index contributed by atoms with van der Waals surface area (Å²) < 4.78 is 24.2. The summed E-state index contributed by atoms with van der Waals surface area (Å²) >= 11 is 1.40. The van der Waals surface area contributed by atoms with E-state index < -0.39 is 0 Å². The molecular formula is C20H19FN2O3S. The van der Waals surface area contributed by atoms with Gasteiger partial charge >= 0.3 is 0 Å². The SMILES string of the molecule is CCOc1ccccc1-c1nnc(SCCCC(=O)c2ccc(F)cc2)o1. The molecule has 1 aromatic heterocycles. The Morgan fingerprint density at radius 1 is 1.15 bits per heavy atom. The van der Waals surface area contributed by atoms with Gasteiger partial charge < -0.3 is 9.15 Å². The van der Waals surface area contributed by atoms with Crippen LogP contribution in [0.25, 0.3) is 11.5 Å². The largest absolute Gasteiger partial charge is 0.493 e. The summed E-state index contributed by atoms with van der Waals surface area (Å²) in [4.78, 5) is 12.1. The van der Waals surface area contributed by atoms with Crippen molar-refractivity contribution in [1.29, 1.82) is 0 Å². The van der Waals surface area contributed by atoms with Crippen LogP contribution < -0.4 is 4.74 Å². The van der Waals surface area contributed by atoms with E-state index in [-0.39, 0.29) is 11.6 Å². The van der Waals surface area contributed by atoms with Crippen LogP contribution in [0.5, 0.6) is 5.75 Å². The smallest absolute Gasteiger partial charge is 0.276 e. The molecule has 0 saturated carbocycles. The molecule has 5 nitrogen and oxygen atoms in total. The highest BCUT2D eigenvalue weighted by molar-refractivity contribution is 7.99. The molecule has 0 fully saturated rings. The lowest BCUT2D eigenvalue weighted by Crippen LogP contribution is -1.99. The Labute approximate surface area is 161 Å². The van der Waals surface area contributed by atoms with E-state index >= 15 is 0 Å². The minimum Gasteiger partial charge on any atom is -0.493 e. The highest BCUT2D eigenvalue weighted by atomic mass is 32.2. The molecule has 1 heterocycles. The molecule has 140 valence electrons. The van der Waals surface area contributed by atoms with Gasteiger partial charge in [-0.25, -0.2) is 4.39 Å². The molecule has 3 aromatic rings. The van der Waals surface area contributed by atoms with Crippen molar-refractivity contribution in [1.82, 2.24) is 10.2 Å². The average molecular weight is 386 g/mol. The first-order chi connectivity index (χ1) is 13.2. The number of thioether (sulfide) groups is 1. The third kappa shape index (κ3) is 5.17. The van der Waals surface area contributed by atoms with Crippen LogP contribution in [0.3, 0.4) is 0 Å². The number of Topliss-reactive ketones (excluding diaryl/α,β-unsaturated/α-hetero) is 1. The summed E-state index contributed by atoms with van der Waals surface area (Å²) in [6.07, 6.45) is 1.04. The number of ether oxygens (including phenoxy) is 1. The fourth-order valence-corrected chi connectivity index (χ4v) is 3.17. The molecule has 3 rings (SSSR count). The Kier molecular flexibility index (Phi) is 6.59. The molecule has 0 aliphatic carbocycles. The van der Waals surface area contributed by atoms with Crippen molar-refractivity contribution in [2.24, 2.45) is 0 Å². The predicted octanol–water partition coefficient (Wildman–Crippen LogP) is 5.03. The zero-order chi connectivity index (χ0) is 19.1. The van der Waals surface area contributed by atoms with Crippen molar-refractivity contribution in [3.05, 3.63) is 59.9 Å². The van der Waals surface area contributed by atoms with Gasteiger partial charge in [-0.3, -0.25) is 4.79 Å². The third-order valence-corrected chi connectivity index (χ3v) is 4.67. The van der Waals surface area contributed by atoms with E-state index in [1.54, 1.807) is 0 Å². The molecule has 0 atom stereocenters. The molecule has 0 unspecified atom stereocenters. The van der Waals surface area contributed by atoms with E-state index in [0.29, 0.717) is 47.6 Å². The van der Waals surface area contributed by atoms with Crippen LogP contribution in [0.4, 0.5) is 4.39 Å². The van der Waals surface area contributed by atoms with Crippen LogP contribution in [-0.4, -0.2) is 28.3 Å². The molecule has 0 aliphatic heterocycles. The van der Waals surface area contributed by atoms with E-state index in [0.717, 1.165) is 5.56 Å². The van der Waals surface area contributed by atoms with Gasteiger partial charge in [0.2, 0.25) is 0 Å². The number of carbonyl (C=O) groups is 1. The topological polar surface area (TPSA) is 65.2 Å². The lowest BCUT2D eigenvalue weighted by atomic mass is 10.1. The Bertz CT molecular complexity index is 896. The molecule has 0 amide bonds. The van der Waals surface area contributed by atoms with Crippen LogP contribution in [0.1, 0.15) is 30.1 Å². The summed E-state index contributed by atoms with van der Waals surface area (Å²) in [7, 11) is 0. The first kappa shape index (κ1) is 19.1. The summed E-state index contributed by atoms with van der Waals surface area (Å²) in [5, 5.41) is 8.57. The van der Waals surface area contributed by atoms with Gasteiger partial charge in [0.15, 0.2) is 5.78 Å². The van der Waals surface area contributed by atoms with E-state index in [9.17, 15) is 9.18 Å². The molecule has 0 aliphatic rings. The summed E-state index contributed by atoms with van der Waals surface area (Å²) in [5.41, 5.74) is 1.28. The van der Waals surface area contributed by atoms with E-state index in [1.165, 1.54) is 36.0 Å². The van der Waals surface area contributed by atoms with Crippen molar-refractivity contribution in [2.75, 3.05) is 12.4 Å². The summed E-state index contributed by atoms with van der Waals surface area (Å²) in [6.45, 7) is 2.47. The van der Waals surface area contributed by atoms with Gasteiger partial charge in [-0.2, -0.15) is 0 Å². The zero-order valence-electron chi connectivity index (χ0n) is 14.9. The van der Waals surface area contributed by atoms with Gasteiger partial charge in [-0.05, 0) is 49.7 Å². The van der Waals surface area contributed by atoms with Crippen LogP contribution in [0.15, 0.2) is 58.2 Å². The fraction of sp³-hybridized carbons (Fsp3) is 0.250. The van der Waals surface area contributed by atoms with Crippen molar-refractivity contribution in [2.45, 2.75) is 25.0 Å². The lowest BCUT2D eigenvalue weighted by molar-refractivity contribution is 0.0982. The van der Waals surface area contributed by atoms with Crippen molar-refractivity contribution >= 4 is 17.5 Å². The molecular weight excluding hydrogens is 367 g/mol. The normalized spacial score (nSPS) is 10.7. The van der Waals surface area contributed by atoms with E-state index in [4.69, 9.17) is 9.15 Å². The van der Waals surface area contributed by atoms with Crippen LogP contribution in [-0.2, 0) is 0 Å². The molecule has 27 heavy (non-hydrogen) atoms. The number of carbonyl (C=O) groups excluding carboxylic acids is 1. The maximum Gasteiger partial charge on any atom is 0.276 e. The second-order valence-corrected chi connectivity index (χ2v) is 6.73. The Morgan fingerprint density at radius 2 is 1.93 bits per heavy atom. The maximum absolute atomic E-state index is 12.9. The third-order valence-electron chi connectivity index (χ3n) is 3.76. The minimum atomic E-state index is -0.347. The molecule has 2 aromatic carbocycles. The molecule has 0 N–H and O–H groups in total. The number of benzene rings is 2. The van der Waals surface area contributed by atoms with E-state index in [1.807, 2.05) is 31.2 Å². The number of hydrogen-bond donors (Lipinski definition) is 0. The monoisotopic (exact) mass is 386 g/mol. The average Bonchev–Trinajstić information content (AvgIpc) is 3.15. The van der Waals surface area contributed by atoms with Crippen LogP contribution >= 0.6 is 11.8 Å². The van der Waals surface area contributed by atoms with Crippen LogP contribution in [0.2, 0.25) is 0 Å². The van der Waals surface area contributed by atoms with Crippen LogP contribution in [0, 0.1) is 5.82 Å². The number of rotatable bonds is 9. The highest BCUT2D eigenvalue weighted by Gasteiger charge is 2.14. The fourth-order valence-electron chi connectivity index (χ4n) is 2.47. The first-order valence-electron chi connectivity index (χ1n) is 8.64. The molecule has 0 spiro atoms. The van der Waals surface area contributed by atoms with Gasteiger partial charge in [-0.15, -0.1) is 10.2 Å². The summed E-state index contributed by atoms with van der Waals surface area (Å²) in [5.74, 6) is 1.42. The van der Waals surface area contributed by atoms with Crippen molar-refractivity contribution in [3.8, 4) is 17.2 Å². The highest BCUT2D eigenvalue weighted by Crippen LogP contribution is 2.30. The zero-order valence-corrected chi connectivity index (χ0v) is 15.7. The van der Waals surface area contributed by atoms with Crippen molar-refractivity contribution < 1.29 is 18.3 Å². The lowest BCUT2D eigenvalue weighted by Gasteiger charge is -2.06. The number of aromatic nitrogens is 2. The Morgan fingerprint density at radius 3 is 2.70 bits per heavy atom. The van der Waals surface area contributed by atoms with Gasteiger partial charge in [-0.1, -0.05) is 23.9 Å². The minimum absolute atomic E-state index is 0.00698. The number of nitrogens with zero attached hydrogens (tertiary/aromatic N) is 2. The van der Waals surface area contributed by atoms with Crippen molar-refractivity contribution in [3.63, 3.8) is 0 Å². The number of ketones is 1.